The monoisotopic (exact) mass is 428 g/mol. The predicted octanol–water partition coefficient (Wildman–Crippen LogP) is 6.20. The molecule has 29 heavy (non-hydrogen) atoms. The molecule has 2 nitrogen and oxygen atoms in total. The number of hydrogen-bond donors (Lipinski definition) is 0. The van der Waals surface area contributed by atoms with E-state index in [1.807, 2.05) is 30.3 Å². The van der Waals surface area contributed by atoms with Crippen LogP contribution in [0.25, 0.3) is 22.3 Å². The van der Waals surface area contributed by atoms with Gasteiger partial charge >= 0.3 is 0 Å². The van der Waals surface area contributed by atoms with E-state index in [1.54, 1.807) is 20.3 Å². The maximum atomic E-state index is 14.9. The van der Waals surface area contributed by atoms with Crippen molar-refractivity contribution < 1.29 is 13.9 Å². The van der Waals surface area contributed by atoms with Crippen LogP contribution in [-0.4, -0.2) is 14.2 Å². The quantitative estimate of drug-likeness (QED) is 0.398. The Balaban J connectivity index is 1.98. The molecule has 0 N–H and O–H groups in total. The number of methoxy groups -OCH3 is 2. The highest BCUT2D eigenvalue weighted by molar-refractivity contribution is 7.15. The van der Waals surface area contributed by atoms with Crippen LogP contribution in [0.3, 0.4) is 0 Å². The molecule has 0 saturated carbocycles. The van der Waals surface area contributed by atoms with Crippen molar-refractivity contribution in [1.82, 2.24) is 0 Å². The largest absolute Gasteiger partial charge is 0.380 e. The molecule has 0 saturated heterocycles. The van der Waals surface area contributed by atoms with Gasteiger partial charge in [-0.1, -0.05) is 42.5 Å². The molecule has 0 aliphatic carbocycles. The van der Waals surface area contributed by atoms with Crippen LogP contribution in [0.15, 0.2) is 54.6 Å². The van der Waals surface area contributed by atoms with E-state index in [9.17, 15) is 4.39 Å². The minimum Gasteiger partial charge on any atom is -0.380 e. The van der Waals surface area contributed by atoms with Crippen LogP contribution in [0.4, 0.5) is 4.39 Å². The van der Waals surface area contributed by atoms with Crippen LogP contribution in [0, 0.1) is 5.82 Å². The third-order valence-corrected chi connectivity index (χ3v) is 5.91. The summed E-state index contributed by atoms with van der Waals surface area (Å²) in [7, 11) is 8.75. The van der Waals surface area contributed by atoms with Crippen molar-refractivity contribution in [3.8, 4) is 22.3 Å². The summed E-state index contributed by atoms with van der Waals surface area (Å²) in [5.74, 6) is -0.211. The van der Waals surface area contributed by atoms with Gasteiger partial charge in [-0.2, -0.15) is 0 Å². The lowest BCUT2D eigenvalue weighted by Gasteiger charge is -2.14. The second-order valence-electron chi connectivity index (χ2n) is 6.95. The maximum absolute atomic E-state index is 14.9. The molecule has 0 fully saturated rings. The summed E-state index contributed by atoms with van der Waals surface area (Å²) >= 11 is 0. The van der Waals surface area contributed by atoms with E-state index in [-0.39, 0.29) is 5.82 Å². The van der Waals surface area contributed by atoms with Crippen molar-refractivity contribution >= 4 is 18.5 Å². The average molecular weight is 428 g/mol. The molecular weight excluding hydrogens is 401 g/mol. The highest BCUT2D eigenvalue weighted by Gasteiger charge is 2.13. The molecular formula is C24H27FO2P2. The van der Waals surface area contributed by atoms with Crippen LogP contribution in [-0.2, 0) is 35.0 Å². The van der Waals surface area contributed by atoms with Crippen molar-refractivity contribution in [2.45, 2.75) is 25.5 Å². The van der Waals surface area contributed by atoms with E-state index < -0.39 is 0 Å². The van der Waals surface area contributed by atoms with E-state index in [0.717, 1.165) is 34.0 Å². The maximum Gasteiger partial charge on any atom is 0.131 e. The number of benzene rings is 3. The van der Waals surface area contributed by atoms with Gasteiger partial charge in [-0.3, -0.25) is 0 Å². The van der Waals surface area contributed by atoms with Crippen molar-refractivity contribution in [2.24, 2.45) is 0 Å². The summed E-state index contributed by atoms with van der Waals surface area (Å²) in [5.41, 5.74) is 7.94. The van der Waals surface area contributed by atoms with E-state index in [2.05, 4.69) is 36.7 Å². The second kappa shape index (κ2) is 10.4. The molecule has 5 heteroatoms. The fourth-order valence-electron chi connectivity index (χ4n) is 3.56. The molecule has 0 radical (unpaired) electrons. The Morgan fingerprint density at radius 3 is 1.93 bits per heavy atom. The highest BCUT2D eigenvalue weighted by atomic mass is 31.0. The summed E-state index contributed by atoms with van der Waals surface area (Å²) in [5, 5.41) is 0. The Kier molecular flexibility index (Phi) is 7.92. The molecule has 0 amide bonds. The molecule has 0 aliphatic rings. The van der Waals surface area contributed by atoms with Gasteiger partial charge in [-0.15, -0.1) is 18.5 Å². The molecule has 3 aromatic rings. The zero-order chi connectivity index (χ0) is 20.8. The lowest BCUT2D eigenvalue weighted by atomic mass is 9.94. The summed E-state index contributed by atoms with van der Waals surface area (Å²) < 4.78 is 25.5. The van der Waals surface area contributed by atoms with Gasteiger partial charge in [-0.25, -0.2) is 4.39 Å². The third-order valence-electron chi connectivity index (χ3n) is 5.00. The fourth-order valence-corrected chi connectivity index (χ4v) is 4.19. The Morgan fingerprint density at radius 1 is 0.690 bits per heavy atom. The van der Waals surface area contributed by atoms with Gasteiger partial charge in [0.15, 0.2) is 0 Å². The summed E-state index contributed by atoms with van der Waals surface area (Å²) in [6, 6.07) is 18.1. The van der Waals surface area contributed by atoms with Gasteiger partial charge in [0, 0.05) is 19.8 Å². The number of halogens is 1. The average Bonchev–Trinajstić information content (AvgIpc) is 2.74. The van der Waals surface area contributed by atoms with E-state index in [1.165, 1.54) is 11.1 Å². The standard InChI is InChI=1S/C24H27FO2P2/c1-26-12-21-11-19(7-8-20(21)15-29)17-3-5-18(6-4-17)24-22(13-27-2)9-16(14-28)10-23(24)25/h3-11H,12-15,28-29H2,1-2H3. The minimum atomic E-state index is -0.211. The molecule has 2 atom stereocenters. The van der Waals surface area contributed by atoms with Crippen molar-refractivity contribution in [3.63, 3.8) is 0 Å². The van der Waals surface area contributed by atoms with Gasteiger partial charge in [0.25, 0.3) is 0 Å². The van der Waals surface area contributed by atoms with Gasteiger partial charge < -0.3 is 9.47 Å². The first kappa shape index (κ1) is 22.1. The first-order valence-electron chi connectivity index (χ1n) is 9.53. The van der Waals surface area contributed by atoms with Gasteiger partial charge in [0.2, 0.25) is 0 Å². The normalized spacial score (nSPS) is 11.1. The summed E-state index contributed by atoms with van der Waals surface area (Å²) in [6.07, 6.45) is 1.61. The zero-order valence-corrected chi connectivity index (χ0v) is 19.2. The smallest absolute Gasteiger partial charge is 0.131 e. The van der Waals surface area contributed by atoms with Gasteiger partial charge in [0.1, 0.15) is 5.82 Å². The zero-order valence-electron chi connectivity index (χ0n) is 16.9. The summed E-state index contributed by atoms with van der Waals surface area (Å²) in [4.78, 5) is 0. The number of ether oxygens (including phenoxy) is 2. The van der Waals surface area contributed by atoms with E-state index >= 15 is 0 Å². The fraction of sp³-hybridized carbons (Fsp3) is 0.250. The Morgan fingerprint density at radius 2 is 1.31 bits per heavy atom. The lowest BCUT2D eigenvalue weighted by molar-refractivity contribution is 0.184. The SMILES string of the molecule is COCc1cc(-c2ccc(-c3c(F)cc(CP)cc3COC)cc2)ccc1CP. The Hall–Kier alpha value is -1.63. The molecule has 0 aromatic heterocycles. The second-order valence-corrected chi connectivity index (χ2v) is 7.76. The van der Waals surface area contributed by atoms with E-state index in [4.69, 9.17) is 9.47 Å². The van der Waals surface area contributed by atoms with Crippen LogP contribution in [0.5, 0.6) is 0 Å². The van der Waals surface area contributed by atoms with Crippen LogP contribution >= 0.6 is 18.5 Å². The Bertz CT molecular complexity index is 971. The Labute approximate surface area is 177 Å². The van der Waals surface area contributed by atoms with Gasteiger partial charge in [0.05, 0.1) is 13.2 Å². The minimum absolute atomic E-state index is 0.211. The third kappa shape index (κ3) is 5.11. The number of hydrogen-bond acceptors (Lipinski definition) is 2. The molecule has 0 bridgehead atoms. The first-order valence-corrected chi connectivity index (χ1v) is 11.2. The van der Waals surface area contributed by atoms with Crippen molar-refractivity contribution in [3.05, 3.63) is 82.7 Å². The molecule has 0 aliphatic heterocycles. The molecule has 2 unspecified atom stereocenters. The van der Waals surface area contributed by atoms with Crippen molar-refractivity contribution in [1.29, 1.82) is 0 Å². The molecule has 0 spiro atoms. The van der Waals surface area contributed by atoms with Crippen LogP contribution in [0.2, 0.25) is 0 Å². The van der Waals surface area contributed by atoms with Crippen molar-refractivity contribution in [2.75, 3.05) is 14.2 Å². The molecule has 3 aromatic carbocycles. The molecule has 152 valence electrons. The van der Waals surface area contributed by atoms with Gasteiger partial charge in [-0.05, 0) is 63.4 Å². The van der Waals surface area contributed by atoms with Crippen LogP contribution < -0.4 is 0 Å². The molecule has 3 rings (SSSR count). The lowest BCUT2D eigenvalue weighted by Crippen LogP contribution is -1.98. The predicted molar refractivity (Wildman–Crippen MR) is 126 cm³/mol. The first-order chi connectivity index (χ1) is 14.1. The number of rotatable bonds is 8. The van der Waals surface area contributed by atoms with E-state index in [0.29, 0.717) is 24.9 Å². The summed E-state index contributed by atoms with van der Waals surface area (Å²) in [6.45, 7) is 0.965. The topological polar surface area (TPSA) is 18.5 Å². The molecule has 0 heterocycles. The van der Waals surface area contributed by atoms with Crippen LogP contribution in [0.1, 0.15) is 22.3 Å². The highest BCUT2D eigenvalue weighted by Crippen LogP contribution is 2.32.